The van der Waals surface area contributed by atoms with Crippen LogP contribution in [-0.2, 0) is 4.79 Å². The standard InChI is InChI=1S/C18H13ClFN3O2S2/c19-11-7-4-8-12(20)14(11)16(25)23-17-15(10-5-2-1-3-6-10)22-18(27-17)26-9-13(21)24/h1-8H,9H2,(H2,21,24)(H,23,25). The average Bonchev–Trinajstić information content (AvgIpc) is 3.03. The number of benzene rings is 2. The summed E-state index contributed by atoms with van der Waals surface area (Å²) in [6.45, 7) is 0. The summed E-state index contributed by atoms with van der Waals surface area (Å²) in [7, 11) is 0. The van der Waals surface area contributed by atoms with Gasteiger partial charge < -0.3 is 11.1 Å². The fraction of sp³-hybridized carbons (Fsp3) is 0.0556. The van der Waals surface area contributed by atoms with Gasteiger partial charge in [0.05, 0.1) is 16.3 Å². The van der Waals surface area contributed by atoms with Gasteiger partial charge in [0.25, 0.3) is 5.91 Å². The van der Waals surface area contributed by atoms with E-state index in [1.54, 1.807) is 0 Å². The van der Waals surface area contributed by atoms with E-state index in [1.807, 2.05) is 30.3 Å². The Bertz CT molecular complexity index is 975. The lowest BCUT2D eigenvalue weighted by Gasteiger charge is -2.07. The van der Waals surface area contributed by atoms with Gasteiger partial charge in [-0.3, -0.25) is 9.59 Å². The molecule has 0 aliphatic rings. The van der Waals surface area contributed by atoms with Crippen molar-refractivity contribution in [3.05, 3.63) is 64.9 Å². The minimum atomic E-state index is -0.714. The molecule has 0 radical (unpaired) electrons. The third-order valence-corrected chi connectivity index (χ3v) is 5.86. The SMILES string of the molecule is NC(=O)CSc1nc(-c2ccccc2)c(NC(=O)c2c(F)cccc2Cl)s1. The zero-order valence-corrected chi connectivity index (χ0v) is 16.1. The number of carbonyl (C=O) groups excluding carboxylic acids is 2. The fourth-order valence-corrected chi connectivity index (χ4v) is 4.30. The van der Waals surface area contributed by atoms with Crippen LogP contribution in [0.5, 0.6) is 0 Å². The van der Waals surface area contributed by atoms with Crippen LogP contribution in [0.3, 0.4) is 0 Å². The number of hydrogen-bond donors (Lipinski definition) is 2. The maximum atomic E-state index is 14.0. The Morgan fingerprint density at radius 1 is 1.19 bits per heavy atom. The number of thiazole rings is 1. The number of nitrogens with zero attached hydrogens (tertiary/aromatic N) is 1. The molecule has 0 saturated carbocycles. The molecule has 1 aromatic heterocycles. The molecule has 2 amide bonds. The summed E-state index contributed by atoms with van der Waals surface area (Å²) in [6.07, 6.45) is 0. The van der Waals surface area contributed by atoms with E-state index in [2.05, 4.69) is 10.3 Å². The molecule has 138 valence electrons. The van der Waals surface area contributed by atoms with Crippen molar-refractivity contribution in [1.29, 1.82) is 0 Å². The van der Waals surface area contributed by atoms with E-state index >= 15 is 0 Å². The molecule has 3 rings (SSSR count). The summed E-state index contributed by atoms with van der Waals surface area (Å²) in [6, 6.07) is 13.2. The van der Waals surface area contributed by atoms with Gasteiger partial charge in [-0.05, 0) is 12.1 Å². The molecule has 27 heavy (non-hydrogen) atoms. The lowest BCUT2D eigenvalue weighted by molar-refractivity contribution is -0.115. The molecule has 0 spiro atoms. The molecule has 3 N–H and O–H groups in total. The highest BCUT2D eigenvalue weighted by molar-refractivity contribution is 8.01. The fourth-order valence-electron chi connectivity index (χ4n) is 2.25. The quantitative estimate of drug-likeness (QED) is 0.576. The van der Waals surface area contributed by atoms with Crippen LogP contribution >= 0.6 is 34.7 Å². The third kappa shape index (κ3) is 4.65. The highest BCUT2D eigenvalue weighted by Crippen LogP contribution is 2.38. The van der Waals surface area contributed by atoms with Crippen molar-refractivity contribution in [1.82, 2.24) is 4.98 Å². The van der Waals surface area contributed by atoms with E-state index in [1.165, 1.54) is 41.3 Å². The number of halogens is 2. The van der Waals surface area contributed by atoms with Crippen molar-refractivity contribution in [2.24, 2.45) is 5.73 Å². The maximum Gasteiger partial charge on any atom is 0.260 e. The molecule has 0 aliphatic carbocycles. The second-order valence-electron chi connectivity index (χ2n) is 5.33. The zero-order valence-electron chi connectivity index (χ0n) is 13.7. The topological polar surface area (TPSA) is 85.1 Å². The number of rotatable bonds is 6. The Balaban J connectivity index is 1.95. The van der Waals surface area contributed by atoms with Gasteiger partial charge in [-0.1, -0.05) is 71.1 Å². The van der Waals surface area contributed by atoms with E-state index < -0.39 is 17.6 Å². The Labute approximate surface area is 167 Å². The van der Waals surface area contributed by atoms with Gasteiger partial charge >= 0.3 is 0 Å². The average molecular weight is 422 g/mol. The van der Waals surface area contributed by atoms with Crippen LogP contribution in [0, 0.1) is 5.82 Å². The van der Waals surface area contributed by atoms with E-state index in [9.17, 15) is 14.0 Å². The second kappa shape index (κ2) is 8.51. The van der Waals surface area contributed by atoms with Gasteiger partial charge in [0, 0.05) is 5.56 Å². The van der Waals surface area contributed by atoms with Crippen LogP contribution < -0.4 is 11.1 Å². The molecule has 3 aromatic rings. The van der Waals surface area contributed by atoms with Crippen LogP contribution in [0.1, 0.15) is 10.4 Å². The normalized spacial score (nSPS) is 10.6. The van der Waals surface area contributed by atoms with Crippen molar-refractivity contribution in [3.63, 3.8) is 0 Å². The van der Waals surface area contributed by atoms with E-state index in [4.69, 9.17) is 17.3 Å². The Morgan fingerprint density at radius 3 is 2.59 bits per heavy atom. The van der Waals surface area contributed by atoms with Crippen molar-refractivity contribution in [2.75, 3.05) is 11.1 Å². The summed E-state index contributed by atoms with van der Waals surface area (Å²) in [5.41, 5.74) is 6.23. The summed E-state index contributed by atoms with van der Waals surface area (Å²) >= 11 is 8.32. The molecule has 2 aromatic carbocycles. The van der Waals surface area contributed by atoms with Crippen LogP contribution in [0.15, 0.2) is 52.9 Å². The molecular weight excluding hydrogens is 409 g/mol. The lowest BCUT2D eigenvalue weighted by atomic mass is 10.1. The molecular formula is C18H13ClFN3O2S2. The highest BCUT2D eigenvalue weighted by Gasteiger charge is 2.20. The van der Waals surface area contributed by atoms with Crippen LogP contribution in [-0.4, -0.2) is 22.6 Å². The number of amides is 2. The summed E-state index contributed by atoms with van der Waals surface area (Å²) in [5.74, 6) is -1.80. The molecule has 1 heterocycles. The first-order chi connectivity index (χ1) is 13.0. The van der Waals surface area contributed by atoms with Crippen LogP contribution in [0.2, 0.25) is 5.02 Å². The number of anilines is 1. The monoisotopic (exact) mass is 421 g/mol. The van der Waals surface area contributed by atoms with Crippen molar-refractivity contribution >= 4 is 51.5 Å². The first kappa shape index (κ1) is 19.3. The smallest absolute Gasteiger partial charge is 0.260 e. The first-order valence-electron chi connectivity index (χ1n) is 7.68. The summed E-state index contributed by atoms with van der Waals surface area (Å²) in [4.78, 5) is 28.1. The van der Waals surface area contributed by atoms with E-state index in [0.717, 1.165) is 5.56 Å². The Morgan fingerprint density at radius 2 is 1.93 bits per heavy atom. The minimum Gasteiger partial charge on any atom is -0.369 e. The molecule has 9 heteroatoms. The minimum absolute atomic E-state index is 0.0154. The van der Waals surface area contributed by atoms with Gasteiger partial charge in [0.2, 0.25) is 5.91 Å². The number of hydrogen-bond acceptors (Lipinski definition) is 5. The van der Waals surface area contributed by atoms with Gasteiger partial charge in [-0.15, -0.1) is 0 Å². The van der Waals surface area contributed by atoms with Crippen LogP contribution in [0.25, 0.3) is 11.3 Å². The summed E-state index contributed by atoms with van der Waals surface area (Å²) < 4.78 is 14.6. The molecule has 0 unspecified atom stereocenters. The second-order valence-corrected chi connectivity index (χ2v) is 7.96. The molecule has 5 nitrogen and oxygen atoms in total. The molecule has 0 aliphatic heterocycles. The van der Waals surface area contributed by atoms with Gasteiger partial charge in [-0.25, -0.2) is 9.37 Å². The number of primary amides is 1. The predicted molar refractivity (Wildman–Crippen MR) is 107 cm³/mol. The third-order valence-electron chi connectivity index (χ3n) is 3.41. The molecule has 0 atom stereocenters. The first-order valence-corrected chi connectivity index (χ1v) is 9.86. The highest BCUT2D eigenvalue weighted by atomic mass is 35.5. The number of thioether (sulfide) groups is 1. The zero-order chi connectivity index (χ0) is 19.4. The van der Waals surface area contributed by atoms with Crippen molar-refractivity contribution in [3.8, 4) is 11.3 Å². The molecule has 0 saturated heterocycles. The number of nitrogens with one attached hydrogen (secondary N) is 1. The Kier molecular flexibility index (Phi) is 6.10. The lowest BCUT2D eigenvalue weighted by Crippen LogP contribution is -2.14. The largest absolute Gasteiger partial charge is 0.369 e. The van der Waals surface area contributed by atoms with Gasteiger partial charge in [0.15, 0.2) is 4.34 Å². The van der Waals surface area contributed by atoms with E-state index in [0.29, 0.717) is 15.0 Å². The predicted octanol–water partition coefficient (Wildman–Crippen LogP) is 4.43. The van der Waals surface area contributed by atoms with Gasteiger partial charge in [-0.2, -0.15) is 0 Å². The molecule has 0 fully saturated rings. The molecule has 0 bridgehead atoms. The summed E-state index contributed by atoms with van der Waals surface area (Å²) in [5, 5.41) is 3.12. The Hall–Kier alpha value is -2.42. The van der Waals surface area contributed by atoms with E-state index in [-0.39, 0.29) is 16.3 Å². The van der Waals surface area contributed by atoms with Crippen molar-refractivity contribution < 1.29 is 14.0 Å². The number of carbonyl (C=O) groups is 2. The van der Waals surface area contributed by atoms with Gasteiger partial charge in [0.1, 0.15) is 16.5 Å². The van der Waals surface area contributed by atoms with Crippen LogP contribution in [0.4, 0.5) is 9.39 Å². The van der Waals surface area contributed by atoms with Crippen molar-refractivity contribution in [2.45, 2.75) is 4.34 Å². The number of aromatic nitrogens is 1. The maximum absolute atomic E-state index is 14.0. The number of nitrogens with two attached hydrogens (primary N) is 1.